The van der Waals surface area contributed by atoms with E-state index in [1.165, 1.54) is 6.42 Å². The fourth-order valence-electron chi connectivity index (χ4n) is 1.55. The molecule has 1 heterocycles. The number of nitrogens with zero attached hydrogens (tertiary/aromatic N) is 2. The molecule has 4 heteroatoms. The van der Waals surface area contributed by atoms with Crippen molar-refractivity contribution >= 4 is 11.8 Å². The van der Waals surface area contributed by atoms with Crippen molar-refractivity contribution in [2.24, 2.45) is 7.05 Å². The van der Waals surface area contributed by atoms with Gasteiger partial charge in [-0.3, -0.25) is 0 Å². The lowest BCUT2D eigenvalue weighted by atomic mass is 10.2. The van der Waals surface area contributed by atoms with Crippen molar-refractivity contribution in [3.05, 3.63) is 18.2 Å². The maximum absolute atomic E-state index is 4.36. The smallest absolute Gasteiger partial charge is 0.109 e. The molecule has 15 heavy (non-hydrogen) atoms. The van der Waals surface area contributed by atoms with Crippen molar-refractivity contribution in [2.75, 3.05) is 18.6 Å². The van der Waals surface area contributed by atoms with Gasteiger partial charge in [-0.1, -0.05) is 6.92 Å². The number of aryl methyl sites for hydroxylation is 1. The number of imidazole rings is 1. The number of aromatic nitrogens is 2. The summed E-state index contributed by atoms with van der Waals surface area (Å²) in [6, 6.07) is 0.543. The highest BCUT2D eigenvalue weighted by atomic mass is 32.2. The topological polar surface area (TPSA) is 29.9 Å². The van der Waals surface area contributed by atoms with E-state index in [9.17, 15) is 0 Å². The van der Waals surface area contributed by atoms with E-state index in [1.54, 1.807) is 0 Å². The molecule has 0 aliphatic rings. The van der Waals surface area contributed by atoms with Gasteiger partial charge in [0.05, 0.1) is 0 Å². The molecular weight excluding hydrogens is 206 g/mol. The van der Waals surface area contributed by atoms with Crippen LogP contribution in [0.25, 0.3) is 0 Å². The fraction of sp³-hybridized carbons (Fsp3) is 0.727. The third kappa shape index (κ3) is 4.26. The van der Waals surface area contributed by atoms with Crippen LogP contribution >= 0.6 is 11.8 Å². The summed E-state index contributed by atoms with van der Waals surface area (Å²) < 4.78 is 2.10. The first-order valence-corrected chi connectivity index (χ1v) is 6.85. The Morgan fingerprint density at radius 1 is 1.60 bits per heavy atom. The first-order chi connectivity index (χ1) is 7.27. The van der Waals surface area contributed by atoms with Gasteiger partial charge in [0.2, 0.25) is 0 Å². The zero-order valence-corrected chi connectivity index (χ0v) is 10.7. The SMILES string of the molecule is CCCNC(CSC)Cc1nccn1C. The van der Waals surface area contributed by atoms with Crippen molar-refractivity contribution in [1.29, 1.82) is 0 Å². The first-order valence-electron chi connectivity index (χ1n) is 5.46. The summed E-state index contributed by atoms with van der Waals surface area (Å²) in [5.74, 6) is 2.31. The van der Waals surface area contributed by atoms with Gasteiger partial charge in [0.15, 0.2) is 0 Å². The van der Waals surface area contributed by atoms with Crippen LogP contribution in [0.3, 0.4) is 0 Å². The Balaban J connectivity index is 2.46. The van der Waals surface area contributed by atoms with Crippen LogP contribution in [0, 0.1) is 0 Å². The molecule has 0 aliphatic carbocycles. The maximum Gasteiger partial charge on any atom is 0.109 e. The minimum Gasteiger partial charge on any atom is -0.338 e. The Morgan fingerprint density at radius 3 is 2.93 bits per heavy atom. The summed E-state index contributed by atoms with van der Waals surface area (Å²) in [6.45, 7) is 3.29. The zero-order chi connectivity index (χ0) is 11.1. The average molecular weight is 227 g/mol. The summed E-state index contributed by atoms with van der Waals surface area (Å²) in [7, 11) is 2.05. The molecule has 1 unspecified atom stereocenters. The third-order valence-corrected chi connectivity index (χ3v) is 3.14. The van der Waals surface area contributed by atoms with Gasteiger partial charge in [0.1, 0.15) is 5.82 Å². The molecule has 1 rings (SSSR count). The van der Waals surface area contributed by atoms with Gasteiger partial charge in [-0.2, -0.15) is 11.8 Å². The van der Waals surface area contributed by atoms with Crippen LogP contribution < -0.4 is 5.32 Å². The van der Waals surface area contributed by atoms with E-state index in [-0.39, 0.29) is 0 Å². The molecule has 1 atom stereocenters. The summed E-state index contributed by atoms with van der Waals surface area (Å²) >= 11 is 1.89. The van der Waals surface area contributed by atoms with Crippen LogP contribution in [0.5, 0.6) is 0 Å². The van der Waals surface area contributed by atoms with Gasteiger partial charge in [-0.25, -0.2) is 4.98 Å². The molecule has 0 saturated carbocycles. The largest absolute Gasteiger partial charge is 0.338 e. The lowest BCUT2D eigenvalue weighted by molar-refractivity contribution is 0.532. The van der Waals surface area contributed by atoms with Gasteiger partial charge < -0.3 is 9.88 Å². The fourth-order valence-corrected chi connectivity index (χ4v) is 2.19. The molecule has 0 bridgehead atoms. The Morgan fingerprint density at radius 2 is 2.40 bits per heavy atom. The van der Waals surface area contributed by atoms with Crippen LogP contribution in [0.4, 0.5) is 0 Å². The number of nitrogens with one attached hydrogen (secondary N) is 1. The quantitative estimate of drug-likeness (QED) is 0.769. The molecule has 0 fully saturated rings. The Labute approximate surface area is 96.7 Å². The monoisotopic (exact) mass is 227 g/mol. The minimum atomic E-state index is 0.543. The van der Waals surface area contributed by atoms with Crippen LogP contribution in [0.2, 0.25) is 0 Å². The molecule has 3 nitrogen and oxygen atoms in total. The van der Waals surface area contributed by atoms with E-state index in [0.717, 1.165) is 24.5 Å². The van der Waals surface area contributed by atoms with Crippen LogP contribution in [-0.2, 0) is 13.5 Å². The Bertz CT molecular complexity index is 273. The molecule has 0 spiro atoms. The molecule has 1 N–H and O–H groups in total. The van der Waals surface area contributed by atoms with Gasteiger partial charge in [0, 0.05) is 37.7 Å². The third-order valence-electron chi connectivity index (χ3n) is 2.40. The molecule has 1 aromatic heterocycles. The van der Waals surface area contributed by atoms with Crippen LogP contribution in [0.1, 0.15) is 19.2 Å². The minimum absolute atomic E-state index is 0.543. The van der Waals surface area contributed by atoms with Gasteiger partial charge in [-0.05, 0) is 19.2 Å². The Kier molecular flexibility index (Phi) is 5.79. The maximum atomic E-state index is 4.36. The molecule has 0 radical (unpaired) electrons. The molecular formula is C11H21N3S. The number of hydrogen-bond acceptors (Lipinski definition) is 3. The van der Waals surface area contributed by atoms with E-state index in [2.05, 4.69) is 35.1 Å². The van der Waals surface area contributed by atoms with E-state index >= 15 is 0 Å². The van der Waals surface area contributed by atoms with Crippen molar-refractivity contribution in [2.45, 2.75) is 25.8 Å². The highest BCUT2D eigenvalue weighted by molar-refractivity contribution is 7.98. The summed E-state index contributed by atoms with van der Waals surface area (Å²) in [5, 5.41) is 3.56. The van der Waals surface area contributed by atoms with Crippen molar-refractivity contribution in [3.63, 3.8) is 0 Å². The summed E-state index contributed by atoms with van der Waals surface area (Å²) in [4.78, 5) is 4.36. The normalized spacial score (nSPS) is 13.0. The molecule has 0 amide bonds. The molecule has 0 saturated heterocycles. The summed E-state index contributed by atoms with van der Waals surface area (Å²) in [6.07, 6.45) is 8.23. The lowest BCUT2D eigenvalue weighted by Crippen LogP contribution is -2.34. The standard InChI is InChI=1S/C11H21N3S/c1-4-5-12-10(9-15-3)8-11-13-6-7-14(11)2/h6-7,10,12H,4-5,8-9H2,1-3H3. The molecule has 86 valence electrons. The number of rotatable bonds is 7. The van der Waals surface area contributed by atoms with Gasteiger partial charge >= 0.3 is 0 Å². The van der Waals surface area contributed by atoms with Crippen LogP contribution in [-0.4, -0.2) is 34.1 Å². The number of thioether (sulfide) groups is 1. The first kappa shape index (κ1) is 12.6. The van der Waals surface area contributed by atoms with Crippen molar-refractivity contribution < 1.29 is 0 Å². The second kappa shape index (κ2) is 6.90. The van der Waals surface area contributed by atoms with Crippen LogP contribution in [0.15, 0.2) is 12.4 Å². The van der Waals surface area contributed by atoms with E-state index in [0.29, 0.717) is 6.04 Å². The second-order valence-corrected chi connectivity index (χ2v) is 4.68. The molecule has 0 aliphatic heterocycles. The second-order valence-electron chi connectivity index (χ2n) is 3.76. The van der Waals surface area contributed by atoms with E-state index < -0.39 is 0 Å². The van der Waals surface area contributed by atoms with E-state index in [4.69, 9.17) is 0 Å². The van der Waals surface area contributed by atoms with Gasteiger partial charge in [0.25, 0.3) is 0 Å². The summed E-state index contributed by atoms with van der Waals surface area (Å²) in [5.41, 5.74) is 0. The predicted molar refractivity (Wildman–Crippen MR) is 67.4 cm³/mol. The average Bonchev–Trinajstić information content (AvgIpc) is 2.61. The predicted octanol–water partition coefficient (Wildman–Crippen LogP) is 1.69. The van der Waals surface area contributed by atoms with Crippen molar-refractivity contribution in [1.82, 2.24) is 14.9 Å². The number of hydrogen-bond donors (Lipinski definition) is 1. The van der Waals surface area contributed by atoms with Gasteiger partial charge in [-0.15, -0.1) is 0 Å². The molecule has 0 aromatic carbocycles. The van der Waals surface area contributed by atoms with Crippen molar-refractivity contribution in [3.8, 4) is 0 Å². The lowest BCUT2D eigenvalue weighted by Gasteiger charge is -2.16. The Hall–Kier alpha value is -0.480. The zero-order valence-electron chi connectivity index (χ0n) is 9.86. The molecule has 1 aromatic rings. The van der Waals surface area contributed by atoms with E-state index in [1.807, 2.05) is 24.2 Å². The highest BCUT2D eigenvalue weighted by Gasteiger charge is 2.10. The highest BCUT2D eigenvalue weighted by Crippen LogP contribution is 2.05.